The van der Waals surface area contributed by atoms with E-state index < -0.39 is 24.7 Å². The standard InChI is InChI=1S/C16H15F3N8.C6H11F2N/c1-7-22-10-4-3-9(23-15(10)26(7)6-11(18)19)12-8(17)5-27-13(12)14(21-2)24-16(20)25-27;1-9-4-2-3-6(7,8)5-9/h3-5,11H,6H2,1-2H3,(H3,20,21,24,25);2-5H2,1H3. The molecule has 5 rings (SSSR count). The van der Waals surface area contributed by atoms with Crippen molar-refractivity contribution in [2.75, 3.05) is 38.2 Å². The highest BCUT2D eigenvalue weighted by Gasteiger charge is 2.33. The van der Waals surface area contributed by atoms with Crippen LogP contribution in [-0.2, 0) is 6.54 Å². The Labute approximate surface area is 203 Å². The lowest BCUT2D eigenvalue weighted by Crippen LogP contribution is -2.39. The van der Waals surface area contributed by atoms with Crippen LogP contribution in [0.3, 0.4) is 0 Å². The Morgan fingerprint density at radius 3 is 2.56 bits per heavy atom. The van der Waals surface area contributed by atoms with Crippen molar-refractivity contribution in [1.82, 2.24) is 34.0 Å². The van der Waals surface area contributed by atoms with E-state index in [-0.39, 0.29) is 35.8 Å². The van der Waals surface area contributed by atoms with Crippen LogP contribution in [0.4, 0.5) is 33.7 Å². The van der Waals surface area contributed by atoms with E-state index >= 15 is 0 Å². The van der Waals surface area contributed by atoms with Crippen LogP contribution in [0.15, 0.2) is 18.3 Å². The number of aryl methyl sites for hydroxylation is 1. The highest BCUT2D eigenvalue weighted by atomic mass is 19.3. The number of imidazole rings is 1. The fourth-order valence-corrected chi connectivity index (χ4v) is 4.26. The predicted molar refractivity (Wildman–Crippen MR) is 126 cm³/mol. The number of halogens is 5. The summed E-state index contributed by atoms with van der Waals surface area (Å²) < 4.78 is 67.9. The molecule has 5 heterocycles. The number of anilines is 2. The Kier molecular flexibility index (Phi) is 6.98. The fourth-order valence-electron chi connectivity index (χ4n) is 4.26. The van der Waals surface area contributed by atoms with Gasteiger partial charge in [0.2, 0.25) is 5.95 Å². The molecular formula is C22H26F5N9. The van der Waals surface area contributed by atoms with Crippen LogP contribution < -0.4 is 11.1 Å². The molecule has 1 saturated heterocycles. The third-order valence-corrected chi connectivity index (χ3v) is 5.78. The van der Waals surface area contributed by atoms with Crippen molar-refractivity contribution >= 4 is 28.4 Å². The van der Waals surface area contributed by atoms with Gasteiger partial charge in [-0.25, -0.2) is 36.4 Å². The van der Waals surface area contributed by atoms with Crippen LogP contribution >= 0.6 is 0 Å². The summed E-state index contributed by atoms with van der Waals surface area (Å²) in [5, 5.41) is 6.82. The van der Waals surface area contributed by atoms with Gasteiger partial charge in [0, 0.05) is 13.5 Å². The minimum Gasteiger partial charge on any atom is -0.371 e. The number of nitrogen functional groups attached to an aromatic ring is 1. The van der Waals surface area contributed by atoms with Gasteiger partial charge in [0.05, 0.1) is 30.5 Å². The van der Waals surface area contributed by atoms with E-state index in [1.54, 1.807) is 38.1 Å². The SMILES string of the molecule is CN1CCCC(F)(F)C1.CNc1nc(N)nn2cc(F)c(-c3ccc4nc(C)n(CC(F)F)c4n3)c12. The van der Waals surface area contributed by atoms with Gasteiger partial charge in [0.1, 0.15) is 16.9 Å². The van der Waals surface area contributed by atoms with E-state index in [1.807, 2.05) is 0 Å². The first-order chi connectivity index (χ1) is 17.0. The van der Waals surface area contributed by atoms with E-state index in [1.165, 1.54) is 9.08 Å². The molecule has 0 unspecified atom stereocenters. The summed E-state index contributed by atoms with van der Waals surface area (Å²) >= 11 is 0. The van der Waals surface area contributed by atoms with Gasteiger partial charge >= 0.3 is 0 Å². The molecule has 0 atom stereocenters. The lowest BCUT2D eigenvalue weighted by molar-refractivity contribution is -0.0571. The van der Waals surface area contributed by atoms with Gasteiger partial charge in [-0.2, -0.15) is 4.98 Å². The lowest BCUT2D eigenvalue weighted by atomic mass is 10.1. The number of hydrogen-bond donors (Lipinski definition) is 2. The predicted octanol–water partition coefficient (Wildman–Crippen LogP) is 3.82. The molecule has 3 N–H and O–H groups in total. The smallest absolute Gasteiger partial charge is 0.260 e. The Balaban J connectivity index is 0.000000286. The summed E-state index contributed by atoms with van der Waals surface area (Å²) in [4.78, 5) is 14.4. The third-order valence-electron chi connectivity index (χ3n) is 5.78. The summed E-state index contributed by atoms with van der Waals surface area (Å²) in [5.74, 6) is -2.31. The summed E-state index contributed by atoms with van der Waals surface area (Å²) in [6, 6.07) is 3.20. The molecule has 1 aliphatic rings. The number of hydrogen-bond acceptors (Lipinski definition) is 7. The quantitative estimate of drug-likeness (QED) is 0.402. The monoisotopic (exact) mass is 511 g/mol. The Bertz CT molecular complexity index is 1380. The van der Waals surface area contributed by atoms with E-state index in [0.717, 1.165) is 12.7 Å². The van der Waals surface area contributed by atoms with Crippen molar-refractivity contribution in [1.29, 1.82) is 0 Å². The number of nitrogens with two attached hydrogens (primary N) is 1. The van der Waals surface area contributed by atoms with E-state index in [4.69, 9.17) is 5.73 Å². The minimum atomic E-state index is -2.56. The molecule has 0 spiro atoms. The Morgan fingerprint density at radius 2 is 1.94 bits per heavy atom. The van der Waals surface area contributed by atoms with E-state index in [9.17, 15) is 22.0 Å². The van der Waals surface area contributed by atoms with Crippen LogP contribution in [0, 0.1) is 12.7 Å². The number of fused-ring (bicyclic) bond motifs is 2. The number of rotatable bonds is 4. The Hall–Kier alpha value is -3.55. The molecule has 194 valence electrons. The van der Waals surface area contributed by atoms with Gasteiger partial charge < -0.3 is 20.5 Å². The number of alkyl halides is 4. The number of pyridine rings is 1. The average molecular weight is 512 g/mol. The summed E-state index contributed by atoms with van der Waals surface area (Å²) in [6.07, 6.45) is -0.705. The molecule has 0 aromatic carbocycles. The zero-order chi connectivity index (χ0) is 26.2. The molecule has 36 heavy (non-hydrogen) atoms. The second-order valence-electron chi connectivity index (χ2n) is 8.61. The summed E-state index contributed by atoms with van der Waals surface area (Å²) in [6.45, 7) is 1.83. The normalized spacial score (nSPS) is 15.9. The van der Waals surface area contributed by atoms with Crippen LogP contribution in [0.25, 0.3) is 27.9 Å². The van der Waals surface area contributed by atoms with Crippen LogP contribution in [0.2, 0.25) is 0 Å². The van der Waals surface area contributed by atoms with Crippen molar-refractivity contribution in [2.24, 2.45) is 0 Å². The number of nitrogens with zero attached hydrogens (tertiary/aromatic N) is 7. The molecule has 0 radical (unpaired) electrons. The largest absolute Gasteiger partial charge is 0.371 e. The molecule has 14 heteroatoms. The van der Waals surface area contributed by atoms with Gasteiger partial charge in [0.25, 0.3) is 12.3 Å². The zero-order valence-corrected chi connectivity index (χ0v) is 19.9. The molecular weight excluding hydrogens is 485 g/mol. The molecule has 0 amide bonds. The third kappa shape index (κ3) is 5.17. The number of nitrogens with one attached hydrogen (secondary N) is 1. The molecule has 1 fully saturated rings. The summed E-state index contributed by atoms with van der Waals surface area (Å²) in [5.41, 5.74) is 7.08. The molecule has 4 aromatic rings. The van der Waals surface area contributed by atoms with Crippen molar-refractivity contribution in [2.45, 2.75) is 38.7 Å². The lowest BCUT2D eigenvalue weighted by Gasteiger charge is -2.28. The number of piperidine rings is 1. The van der Waals surface area contributed by atoms with Crippen LogP contribution in [0.5, 0.6) is 0 Å². The highest BCUT2D eigenvalue weighted by molar-refractivity contribution is 5.89. The minimum absolute atomic E-state index is 0.0255. The topological polar surface area (TPSA) is 102 Å². The van der Waals surface area contributed by atoms with Crippen molar-refractivity contribution in [3.05, 3.63) is 30.0 Å². The zero-order valence-electron chi connectivity index (χ0n) is 19.9. The first-order valence-electron chi connectivity index (χ1n) is 11.2. The van der Waals surface area contributed by atoms with Gasteiger partial charge in [-0.1, -0.05) is 0 Å². The van der Waals surface area contributed by atoms with Crippen LogP contribution in [-0.4, -0.2) is 73.6 Å². The maximum atomic E-state index is 14.7. The maximum Gasteiger partial charge on any atom is 0.260 e. The highest BCUT2D eigenvalue weighted by Crippen LogP contribution is 2.33. The van der Waals surface area contributed by atoms with Crippen molar-refractivity contribution in [3.63, 3.8) is 0 Å². The first kappa shape index (κ1) is 25.5. The maximum absolute atomic E-state index is 14.7. The molecule has 0 aliphatic carbocycles. The molecule has 9 nitrogen and oxygen atoms in total. The number of likely N-dealkylation sites (tertiary alicyclic amines) is 1. The van der Waals surface area contributed by atoms with Crippen molar-refractivity contribution in [3.8, 4) is 11.3 Å². The Morgan fingerprint density at radius 1 is 1.19 bits per heavy atom. The second kappa shape index (κ2) is 9.84. The van der Waals surface area contributed by atoms with Crippen LogP contribution in [0.1, 0.15) is 18.7 Å². The van der Waals surface area contributed by atoms with E-state index in [2.05, 4.69) is 25.4 Å². The summed E-state index contributed by atoms with van der Waals surface area (Å²) in [7, 11) is 3.35. The molecule has 4 aromatic heterocycles. The average Bonchev–Trinajstić information content (AvgIpc) is 3.27. The molecule has 0 saturated carbocycles. The van der Waals surface area contributed by atoms with Crippen molar-refractivity contribution < 1.29 is 22.0 Å². The number of aromatic nitrogens is 6. The first-order valence-corrected chi connectivity index (χ1v) is 11.2. The molecule has 0 bridgehead atoms. The van der Waals surface area contributed by atoms with Gasteiger partial charge in [-0.3, -0.25) is 0 Å². The van der Waals surface area contributed by atoms with E-state index in [0.29, 0.717) is 29.1 Å². The van der Waals surface area contributed by atoms with Gasteiger partial charge in [-0.15, -0.1) is 5.10 Å². The molecule has 1 aliphatic heterocycles. The second-order valence-corrected chi connectivity index (χ2v) is 8.61. The fraction of sp³-hybridized carbons (Fsp3) is 0.455. The van der Waals surface area contributed by atoms with Gasteiger partial charge in [-0.05, 0) is 39.1 Å². The van der Waals surface area contributed by atoms with Gasteiger partial charge in [0.15, 0.2) is 17.3 Å².